The predicted octanol–water partition coefficient (Wildman–Crippen LogP) is 6.54. The summed E-state index contributed by atoms with van der Waals surface area (Å²) >= 11 is 13.0. The number of nitrogens with zero attached hydrogens (tertiary/aromatic N) is 1. The maximum Gasteiger partial charge on any atom is 0.243 e. The molecule has 4 nitrogen and oxygen atoms in total. The second-order valence-corrected chi connectivity index (χ2v) is 10.4. The molecule has 0 bridgehead atoms. The number of halogens is 2. The highest BCUT2D eigenvalue weighted by Crippen LogP contribution is 2.28. The molecule has 1 saturated carbocycles. The normalized spacial score (nSPS) is 14.4. The molecule has 0 saturated heterocycles. The van der Waals surface area contributed by atoms with E-state index >= 15 is 0 Å². The van der Waals surface area contributed by atoms with Crippen molar-refractivity contribution in [3.63, 3.8) is 0 Å². The molecule has 2 amide bonds. The van der Waals surface area contributed by atoms with Gasteiger partial charge in [0.25, 0.3) is 0 Å². The summed E-state index contributed by atoms with van der Waals surface area (Å²) in [5.41, 5.74) is 3.62. The molecular weight excluding hydrogens is 491 g/mol. The van der Waals surface area contributed by atoms with Crippen LogP contribution in [0.25, 0.3) is 0 Å². The quantitative estimate of drug-likeness (QED) is 0.346. The van der Waals surface area contributed by atoms with Crippen LogP contribution in [0.4, 0.5) is 0 Å². The standard InChI is InChI=1S/C30H32Cl2N2O2/c1-21-9-7-12-23(17-21)19-29(35)34(20-25-26(31)15-8-16-27(25)32)28(18-22-10-3-2-4-11-22)30(36)33-24-13-5-6-14-24/h2-4,7-12,15-17,24,28H,5-6,13-14,18-20H2,1H3,(H,33,36). The molecule has 0 spiro atoms. The number of carbonyl (C=O) groups is 2. The molecule has 0 radical (unpaired) electrons. The fourth-order valence-corrected chi connectivity index (χ4v) is 5.39. The molecule has 1 atom stereocenters. The van der Waals surface area contributed by atoms with E-state index in [0.717, 1.165) is 42.4 Å². The first-order valence-corrected chi connectivity index (χ1v) is 13.3. The Morgan fingerprint density at radius 2 is 1.56 bits per heavy atom. The Hall–Kier alpha value is -2.82. The van der Waals surface area contributed by atoms with E-state index in [1.54, 1.807) is 23.1 Å². The van der Waals surface area contributed by atoms with Crippen molar-refractivity contribution in [2.24, 2.45) is 0 Å². The van der Waals surface area contributed by atoms with E-state index < -0.39 is 6.04 Å². The highest BCUT2D eigenvalue weighted by Gasteiger charge is 2.33. The van der Waals surface area contributed by atoms with Crippen LogP contribution in [-0.4, -0.2) is 28.8 Å². The number of carbonyl (C=O) groups excluding carboxylic acids is 2. The Labute approximate surface area is 223 Å². The number of amides is 2. The molecule has 0 aromatic heterocycles. The first kappa shape index (κ1) is 26.2. The zero-order valence-corrected chi connectivity index (χ0v) is 22.1. The summed E-state index contributed by atoms with van der Waals surface area (Å²) in [4.78, 5) is 29.3. The number of hydrogen-bond acceptors (Lipinski definition) is 2. The van der Waals surface area contributed by atoms with E-state index in [1.165, 1.54) is 0 Å². The first-order chi connectivity index (χ1) is 17.4. The number of rotatable bonds is 9. The minimum Gasteiger partial charge on any atom is -0.352 e. The van der Waals surface area contributed by atoms with Crippen molar-refractivity contribution < 1.29 is 9.59 Å². The fraction of sp³-hybridized carbons (Fsp3) is 0.333. The molecule has 1 aliphatic carbocycles. The van der Waals surface area contributed by atoms with Gasteiger partial charge < -0.3 is 10.2 Å². The minimum absolute atomic E-state index is 0.133. The molecular formula is C30H32Cl2N2O2. The lowest BCUT2D eigenvalue weighted by atomic mass is 10.0. The predicted molar refractivity (Wildman–Crippen MR) is 146 cm³/mol. The molecule has 1 N–H and O–H groups in total. The van der Waals surface area contributed by atoms with Gasteiger partial charge in [0.15, 0.2) is 0 Å². The van der Waals surface area contributed by atoms with Crippen LogP contribution in [0.15, 0.2) is 72.8 Å². The molecule has 0 aliphatic heterocycles. The van der Waals surface area contributed by atoms with Crippen LogP contribution >= 0.6 is 23.2 Å². The summed E-state index contributed by atoms with van der Waals surface area (Å²) in [5, 5.41) is 4.18. The average Bonchev–Trinajstić information content (AvgIpc) is 3.36. The molecule has 1 aliphatic rings. The van der Waals surface area contributed by atoms with Crippen molar-refractivity contribution >= 4 is 35.0 Å². The third-order valence-corrected chi connectivity index (χ3v) is 7.51. The lowest BCUT2D eigenvalue weighted by Gasteiger charge is -2.33. The van der Waals surface area contributed by atoms with Gasteiger partial charge >= 0.3 is 0 Å². The Bertz CT molecular complexity index is 1170. The van der Waals surface area contributed by atoms with Crippen LogP contribution in [-0.2, 0) is 29.0 Å². The molecule has 188 valence electrons. The van der Waals surface area contributed by atoms with E-state index in [0.29, 0.717) is 22.0 Å². The zero-order valence-electron chi connectivity index (χ0n) is 20.6. The summed E-state index contributed by atoms with van der Waals surface area (Å²) < 4.78 is 0. The molecule has 1 fully saturated rings. The Morgan fingerprint density at radius 3 is 2.22 bits per heavy atom. The molecule has 1 unspecified atom stereocenters. The molecule has 6 heteroatoms. The maximum atomic E-state index is 13.9. The van der Waals surface area contributed by atoms with Crippen molar-refractivity contribution in [2.75, 3.05) is 0 Å². The number of hydrogen-bond donors (Lipinski definition) is 1. The SMILES string of the molecule is Cc1cccc(CC(=O)N(Cc2c(Cl)cccc2Cl)C(Cc2ccccc2)C(=O)NC2CCCC2)c1. The first-order valence-electron chi connectivity index (χ1n) is 12.5. The summed E-state index contributed by atoms with van der Waals surface area (Å²) in [6.07, 6.45) is 4.75. The van der Waals surface area contributed by atoms with Crippen LogP contribution < -0.4 is 5.32 Å². The van der Waals surface area contributed by atoms with E-state index in [4.69, 9.17) is 23.2 Å². The maximum absolute atomic E-state index is 13.9. The number of aryl methyl sites for hydroxylation is 1. The topological polar surface area (TPSA) is 49.4 Å². The Kier molecular flexibility index (Phi) is 9.06. The largest absolute Gasteiger partial charge is 0.352 e. The summed E-state index contributed by atoms with van der Waals surface area (Å²) in [5.74, 6) is -0.273. The Balaban J connectivity index is 1.70. The third kappa shape index (κ3) is 6.89. The van der Waals surface area contributed by atoms with Gasteiger partial charge in [-0.3, -0.25) is 9.59 Å². The van der Waals surface area contributed by atoms with Crippen molar-refractivity contribution in [3.05, 3.63) is 105 Å². The van der Waals surface area contributed by atoms with Gasteiger partial charge in [0.05, 0.1) is 6.42 Å². The van der Waals surface area contributed by atoms with E-state index in [9.17, 15) is 9.59 Å². The lowest BCUT2D eigenvalue weighted by molar-refractivity contribution is -0.141. The number of benzene rings is 3. The van der Waals surface area contributed by atoms with Crippen LogP contribution in [0.1, 0.15) is 47.9 Å². The van der Waals surface area contributed by atoms with Gasteiger partial charge in [-0.05, 0) is 43.0 Å². The second-order valence-electron chi connectivity index (χ2n) is 9.58. The summed E-state index contributed by atoms with van der Waals surface area (Å²) in [6, 6.07) is 22.5. The van der Waals surface area contributed by atoms with Gasteiger partial charge in [0, 0.05) is 34.6 Å². The smallest absolute Gasteiger partial charge is 0.243 e. The van der Waals surface area contributed by atoms with Crippen molar-refractivity contribution in [1.82, 2.24) is 10.2 Å². The average molecular weight is 524 g/mol. The Morgan fingerprint density at radius 1 is 0.917 bits per heavy atom. The third-order valence-electron chi connectivity index (χ3n) is 6.80. The minimum atomic E-state index is -0.697. The number of nitrogens with one attached hydrogen (secondary N) is 1. The molecule has 3 aromatic carbocycles. The lowest BCUT2D eigenvalue weighted by Crippen LogP contribution is -2.52. The van der Waals surface area contributed by atoms with Gasteiger partial charge in [0.1, 0.15) is 6.04 Å². The summed E-state index contributed by atoms with van der Waals surface area (Å²) in [6.45, 7) is 2.15. The van der Waals surface area contributed by atoms with Gasteiger partial charge in [-0.15, -0.1) is 0 Å². The molecule has 36 heavy (non-hydrogen) atoms. The van der Waals surface area contributed by atoms with Gasteiger partial charge in [-0.1, -0.05) is 102 Å². The van der Waals surface area contributed by atoms with Crippen molar-refractivity contribution in [1.29, 1.82) is 0 Å². The van der Waals surface area contributed by atoms with Gasteiger partial charge in [0.2, 0.25) is 11.8 Å². The van der Waals surface area contributed by atoms with Crippen molar-refractivity contribution in [3.8, 4) is 0 Å². The monoisotopic (exact) mass is 522 g/mol. The van der Waals surface area contributed by atoms with E-state index in [-0.39, 0.29) is 30.8 Å². The highest BCUT2D eigenvalue weighted by atomic mass is 35.5. The molecule has 3 aromatic rings. The van der Waals surface area contributed by atoms with Gasteiger partial charge in [-0.2, -0.15) is 0 Å². The van der Waals surface area contributed by atoms with E-state index in [2.05, 4.69) is 5.32 Å². The second kappa shape index (κ2) is 12.4. The fourth-order valence-electron chi connectivity index (χ4n) is 4.87. The van der Waals surface area contributed by atoms with Crippen LogP contribution in [0.5, 0.6) is 0 Å². The summed E-state index contributed by atoms with van der Waals surface area (Å²) in [7, 11) is 0. The van der Waals surface area contributed by atoms with Crippen molar-refractivity contribution in [2.45, 2.75) is 64.1 Å². The van der Waals surface area contributed by atoms with Crippen LogP contribution in [0.2, 0.25) is 10.0 Å². The molecule has 0 heterocycles. The van der Waals surface area contributed by atoms with Gasteiger partial charge in [-0.25, -0.2) is 0 Å². The highest BCUT2D eigenvalue weighted by molar-refractivity contribution is 6.36. The zero-order chi connectivity index (χ0) is 25.5. The van der Waals surface area contributed by atoms with Crippen LogP contribution in [0.3, 0.4) is 0 Å². The van der Waals surface area contributed by atoms with Crippen LogP contribution in [0, 0.1) is 6.92 Å². The molecule has 4 rings (SSSR count). The van der Waals surface area contributed by atoms with E-state index in [1.807, 2.05) is 61.5 Å².